The van der Waals surface area contributed by atoms with Crippen molar-refractivity contribution in [1.82, 2.24) is 5.32 Å². The zero-order valence-electron chi connectivity index (χ0n) is 6.39. The highest BCUT2D eigenvalue weighted by atomic mass is 16.7. The molecule has 0 heterocycles. The van der Waals surface area contributed by atoms with E-state index in [2.05, 4.69) is 16.1 Å². The molecule has 60 valence electrons. The van der Waals surface area contributed by atoms with Crippen LogP contribution in [0.4, 0.5) is 0 Å². The van der Waals surface area contributed by atoms with Crippen LogP contribution in [0.1, 0.15) is 20.3 Å². The quantitative estimate of drug-likeness (QED) is 0.539. The second kappa shape index (κ2) is 5.20. The summed E-state index contributed by atoms with van der Waals surface area (Å²) in [7, 11) is 0. The molecule has 0 aliphatic carbocycles. The smallest absolute Gasteiger partial charge is 0.338 e. The molecular weight excluding hydrogens is 132 g/mol. The van der Waals surface area contributed by atoms with Gasteiger partial charge in [-0.25, -0.2) is 4.79 Å². The number of hydrogen-bond donors (Lipinski definition) is 2. The molecule has 10 heavy (non-hydrogen) atoms. The van der Waals surface area contributed by atoms with Crippen LogP contribution in [0.3, 0.4) is 0 Å². The van der Waals surface area contributed by atoms with Crippen molar-refractivity contribution in [2.24, 2.45) is 5.90 Å². The molecule has 1 atom stereocenters. The summed E-state index contributed by atoms with van der Waals surface area (Å²) in [5.74, 6) is 4.18. The summed E-state index contributed by atoms with van der Waals surface area (Å²) >= 11 is 0. The molecular formula is C6H14N2O2. The van der Waals surface area contributed by atoms with Crippen molar-refractivity contribution in [1.29, 1.82) is 0 Å². The molecule has 0 amide bonds. The van der Waals surface area contributed by atoms with Gasteiger partial charge in [-0.15, -0.1) is 0 Å². The summed E-state index contributed by atoms with van der Waals surface area (Å²) in [5.41, 5.74) is 0. The van der Waals surface area contributed by atoms with Crippen LogP contribution in [-0.2, 0) is 9.63 Å². The van der Waals surface area contributed by atoms with E-state index in [1.165, 1.54) is 0 Å². The molecule has 0 spiro atoms. The van der Waals surface area contributed by atoms with Crippen molar-refractivity contribution in [3.05, 3.63) is 0 Å². The Kier molecular flexibility index (Phi) is 4.88. The summed E-state index contributed by atoms with van der Waals surface area (Å²) < 4.78 is 0. The maximum atomic E-state index is 10.4. The van der Waals surface area contributed by atoms with Crippen molar-refractivity contribution in [3.63, 3.8) is 0 Å². The fraction of sp³-hybridized carbons (Fsp3) is 0.833. The molecule has 4 heteroatoms. The minimum atomic E-state index is -0.430. The lowest BCUT2D eigenvalue weighted by atomic mass is 10.3. The molecule has 0 aliphatic rings. The van der Waals surface area contributed by atoms with Crippen LogP contribution in [0.15, 0.2) is 0 Å². The zero-order valence-corrected chi connectivity index (χ0v) is 6.39. The van der Waals surface area contributed by atoms with E-state index in [4.69, 9.17) is 0 Å². The molecule has 0 aromatic rings. The third kappa shape index (κ3) is 4.29. The highest BCUT2D eigenvalue weighted by Crippen LogP contribution is 1.85. The molecule has 0 fully saturated rings. The third-order valence-corrected chi connectivity index (χ3v) is 1.34. The second-order valence-corrected chi connectivity index (χ2v) is 2.18. The minimum Gasteiger partial charge on any atom is -0.372 e. The van der Waals surface area contributed by atoms with Crippen LogP contribution in [0.25, 0.3) is 0 Å². The first-order valence-electron chi connectivity index (χ1n) is 3.33. The second-order valence-electron chi connectivity index (χ2n) is 2.18. The molecule has 0 unspecified atom stereocenters. The van der Waals surface area contributed by atoms with Crippen molar-refractivity contribution in [3.8, 4) is 0 Å². The van der Waals surface area contributed by atoms with Crippen LogP contribution in [-0.4, -0.2) is 18.6 Å². The molecule has 0 aromatic heterocycles. The van der Waals surface area contributed by atoms with Gasteiger partial charge in [0.2, 0.25) is 0 Å². The Hall–Kier alpha value is -0.610. The molecule has 0 aliphatic heterocycles. The van der Waals surface area contributed by atoms with Crippen LogP contribution >= 0.6 is 0 Å². The molecule has 0 saturated carbocycles. The van der Waals surface area contributed by atoms with E-state index in [1.54, 1.807) is 0 Å². The number of hydrogen-bond acceptors (Lipinski definition) is 4. The van der Waals surface area contributed by atoms with E-state index < -0.39 is 5.97 Å². The Labute approximate surface area is 60.7 Å². The van der Waals surface area contributed by atoms with Gasteiger partial charge in [0.25, 0.3) is 0 Å². The normalized spacial score (nSPS) is 12.7. The van der Waals surface area contributed by atoms with Gasteiger partial charge >= 0.3 is 5.97 Å². The highest BCUT2D eigenvalue weighted by molar-refractivity contribution is 5.71. The number of carbonyl (C=O) groups is 1. The van der Waals surface area contributed by atoms with Gasteiger partial charge in [0.1, 0.15) is 0 Å². The van der Waals surface area contributed by atoms with Gasteiger partial charge in [-0.1, -0.05) is 6.92 Å². The molecule has 0 radical (unpaired) electrons. The summed E-state index contributed by atoms with van der Waals surface area (Å²) in [6.45, 7) is 4.21. The topological polar surface area (TPSA) is 64.3 Å². The predicted molar refractivity (Wildman–Crippen MR) is 38.0 cm³/mol. The van der Waals surface area contributed by atoms with Crippen molar-refractivity contribution >= 4 is 5.97 Å². The molecule has 3 N–H and O–H groups in total. The molecule has 0 bridgehead atoms. The van der Waals surface area contributed by atoms with Crippen molar-refractivity contribution in [2.75, 3.05) is 6.54 Å². The van der Waals surface area contributed by atoms with Crippen LogP contribution in [0.5, 0.6) is 0 Å². The fourth-order valence-electron chi connectivity index (χ4n) is 0.444. The summed E-state index contributed by atoms with van der Waals surface area (Å²) in [6.07, 6.45) is 0.984. The van der Waals surface area contributed by atoms with Crippen LogP contribution in [0, 0.1) is 0 Å². The van der Waals surface area contributed by atoms with Gasteiger partial charge in [-0.05, 0) is 13.3 Å². The lowest BCUT2D eigenvalue weighted by Crippen LogP contribution is -2.32. The first-order chi connectivity index (χ1) is 4.70. The monoisotopic (exact) mass is 146 g/mol. The van der Waals surface area contributed by atoms with Gasteiger partial charge in [-0.3, -0.25) is 0 Å². The van der Waals surface area contributed by atoms with Gasteiger partial charge in [0.05, 0.1) is 6.54 Å². The molecule has 4 nitrogen and oxygen atoms in total. The summed E-state index contributed by atoms with van der Waals surface area (Å²) in [5, 5.41) is 2.93. The molecule has 0 rings (SSSR count). The lowest BCUT2D eigenvalue weighted by Gasteiger charge is -2.08. The Bertz CT molecular complexity index is 106. The number of nitrogens with one attached hydrogen (secondary N) is 1. The van der Waals surface area contributed by atoms with Crippen molar-refractivity contribution < 1.29 is 9.63 Å². The maximum Gasteiger partial charge on any atom is 0.338 e. The highest BCUT2D eigenvalue weighted by Gasteiger charge is 2.02. The van der Waals surface area contributed by atoms with Gasteiger partial charge in [0, 0.05) is 6.04 Å². The Morgan fingerprint density at radius 1 is 1.80 bits per heavy atom. The van der Waals surface area contributed by atoms with Gasteiger partial charge in [-0.2, -0.15) is 5.90 Å². The van der Waals surface area contributed by atoms with Gasteiger partial charge in [0.15, 0.2) is 0 Å². The molecule has 0 saturated heterocycles. The van der Waals surface area contributed by atoms with E-state index in [-0.39, 0.29) is 6.54 Å². The third-order valence-electron chi connectivity index (χ3n) is 1.34. The standard InChI is InChI=1S/C6H14N2O2/c1-3-5(2)8-4-6(9)10-7/h5,8H,3-4,7H2,1-2H3/t5-/m1/s1. The average molecular weight is 146 g/mol. The minimum absolute atomic E-state index is 0.186. The van der Waals surface area contributed by atoms with E-state index >= 15 is 0 Å². The zero-order chi connectivity index (χ0) is 7.98. The largest absolute Gasteiger partial charge is 0.372 e. The van der Waals surface area contributed by atoms with E-state index in [9.17, 15) is 4.79 Å². The first-order valence-corrected chi connectivity index (χ1v) is 3.33. The van der Waals surface area contributed by atoms with E-state index in [0.717, 1.165) is 6.42 Å². The number of nitrogens with two attached hydrogens (primary N) is 1. The Morgan fingerprint density at radius 3 is 2.80 bits per heavy atom. The van der Waals surface area contributed by atoms with Crippen LogP contribution < -0.4 is 11.2 Å². The lowest BCUT2D eigenvalue weighted by molar-refractivity contribution is -0.143. The maximum absolute atomic E-state index is 10.4. The average Bonchev–Trinajstić information content (AvgIpc) is 1.99. The number of rotatable bonds is 4. The summed E-state index contributed by atoms with van der Waals surface area (Å²) in [4.78, 5) is 14.4. The molecule has 0 aromatic carbocycles. The first kappa shape index (κ1) is 9.39. The van der Waals surface area contributed by atoms with E-state index in [1.807, 2.05) is 13.8 Å². The predicted octanol–water partition coefficient (Wildman–Crippen LogP) is -0.209. The van der Waals surface area contributed by atoms with Crippen molar-refractivity contribution in [2.45, 2.75) is 26.3 Å². The fourth-order valence-corrected chi connectivity index (χ4v) is 0.444. The van der Waals surface area contributed by atoms with Crippen LogP contribution in [0.2, 0.25) is 0 Å². The van der Waals surface area contributed by atoms with Gasteiger partial charge < -0.3 is 10.2 Å². The Balaban J connectivity index is 3.26. The Morgan fingerprint density at radius 2 is 2.40 bits per heavy atom. The SMILES string of the molecule is CC[C@@H](C)NCC(=O)ON. The number of carbonyl (C=O) groups excluding carboxylic acids is 1. The van der Waals surface area contributed by atoms with E-state index in [0.29, 0.717) is 6.04 Å². The summed E-state index contributed by atoms with van der Waals surface area (Å²) in [6, 6.07) is 0.332.